The second-order valence-corrected chi connectivity index (χ2v) is 7.02. The molecule has 0 fully saturated rings. The summed E-state index contributed by atoms with van der Waals surface area (Å²) in [7, 11) is 0. The molecule has 0 atom stereocenters. The third-order valence-electron chi connectivity index (χ3n) is 4.04. The standard InChI is InChI=1S/C19H15ClN2O2S/c1-2-24-19(23)17-15-11-25-16-6-4-3-5-14(16)18(15)22(21-17)13-9-7-12(20)8-10-13/h3-10H,2,11H2,1H3. The van der Waals surface area contributed by atoms with Crippen LogP contribution in [-0.4, -0.2) is 22.4 Å². The number of halogens is 1. The maximum Gasteiger partial charge on any atom is 0.359 e. The normalized spacial score (nSPS) is 12.4. The van der Waals surface area contributed by atoms with Gasteiger partial charge >= 0.3 is 5.97 Å². The predicted molar refractivity (Wildman–Crippen MR) is 99.5 cm³/mol. The molecule has 1 aromatic heterocycles. The van der Waals surface area contributed by atoms with Crippen molar-refractivity contribution in [1.29, 1.82) is 0 Å². The largest absolute Gasteiger partial charge is 0.461 e. The average Bonchev–Trinajstić information content (AvgIpc) is 3.03. The van der Waals surface area contributed by atoms with Gasteiger partial charge in [0.1, 0.15) is 0 Å². The molecule has 0 saturated heterocycles. The first-order valence-electron chi connectivity index (χ1n) is 7.96. The van der Waals surface area contributed by atoms with Crippen LogP contribution in [0, 0.1) is 0 Å². The fraction of sp³-hybridized carbons (Fsp3) is 0.158. The van der Waals surface area contributed by atoms with E-state index in [-0.39, 0.29) is 5.97 Å². The number of ether oxygens (including phenoxy) is 1. The predicted octanol–water partition coefficient (Wildman–Crippen LogP) is 4.98. The van der Waals surface area contributed by atoms with E-state index in [1.54, 1.807) is 18.7 Å². The molecule has 0 spiro atoms. The van der Waals surface area contributed by atoms with Crippen molar-refractivity contribution >= 4 is 29.3 Å². The van der Waals surface area contributed by atoms with Crippen molar-refractivity contribution in [2.24, 2.45) is 0 Å². The maximum absolute atomic E-state index is 12.4. The van der Waals surface area contributed by atoms with Crippen LogP contribution >= 0.6 is 23.4 Å². The van der Waals surface area contributed by atoms with Crippen LogP contribution in [0.15, 0.2) is 53.4 Å². The van der Waals surface area contributed by atoms with Crippen LogP contribution in [0.1, 0.15) is 23.0 Å². The van der Waals surface area contributed by atoms with E-state index in [1.165, 1.54) is 4.90 Å². The molecule has 25 heavy (non-hydrogen) atoms. The Labute approximate surface area is 154 Å². The zero-order valence-corrected chi connectivity index (χ0v) is 15.1. The quantitative estimate of drug-likeness (QED) is 0.610. The van der Waals surface area contributed by atoms with Crippen molar-refractivity contribution < 1.29 is 9.53 Å². The summed E-state index contributed by atoms with van der Waals surface area (Å²) in [5.41, 5.74) is 4.18. The third kappa shape index (κ3) is 2.83. The van der Waals surface area contributed by atoms with Gasteiger partial charge in [0.05, 0.1) is 18.0 Å². The second kappa shape index (κ2) is 6.58. The van der Waals surface area contributed by atoms with Crippen LogP contribution in [0.5, 0.6) is 0 Å². The third-order valence-corrected chi connectivity index (χ3v) is 5.39. The highest BCUT2D eigenvalue weighted by molar-refractivity contribution is 7.98. The number of hydrogen-bond donors (Lipinski definition) is 0. The molecule has 0 N–H and O–H groups in total. The smallest absolute Gasteiger partial charge is 0.359 e. The first kappa shape index (κ1) is 16.2. The highest BCUT2D eigenvalue weighted by Crippen LogP contribution is 2.43. The average molecular weight is 371 g/mol. The maximum atomic E-state index is 12.4. The number of hydrogen-bond acceptors (Lipinski definition) is 4. The van der Waals surface area contributed by atoms with E-state index in [2.05, 4.69) is 17.2 Å². The van der Waals surface area contributed by atoms with Gasteiger partial charge in [-0.2, -0.15) is 5.10 Å². The number of fused-ring (bicyclic) bond motifs is 3. The summed E-state index contributed by atoms with van der Waals surface area (Å²) in [5, 5.41) is 5.25. The Morgan fingerprint density at radius 2 is 2.00 bits per heavy atom. The van der Waals surface area contributed by atoms with E-state index in [9.17, 15) is 4.79 Å². The molecule has 126 valence electrons. The highest BCUT2D eigenvalue weighted by atomic mass is 35.5. The summed E-state index contributed by atoms with van der Waals surface area (Å²) in [6.45, 7) is 2.12. The molecule has 3 aromatic rings. The molecule has 1 aliphatic heterocycles. The summed E-state index contributed by atoms with van der Waals surface area (Å²) in [6, 6.07) is 15.6. The van der Waals surface area contributed by atoms with Crippen molar-refractivity contribution in [1.82, 2.24) is 9.78 Å². The fourth-order valence-electron chi connectivity index (χ4n) is 2.93. The molecule has 2 heterocycles. The molecule has 0 bridgehead atoms. The van der Waals surface area contributed by atoms with Crippen molar-refractivity contribution in [3.63, 3.8) is 0 Å². The Balaban J connectivity index is 1.96. The lowest BCUT2D eigenvalue weighted by atomic mass is 10.1. The molecule has 2 aromatic carbocycles. The van der Waals surface area contributed by atoms with E-state index < -0.39 is 0 Å². The molecule has 0 aliphatic carbocycles. The molecule has 4 nitrogen and oxygen atoms in total. The summed E-state index contributed by atoms with van der Waals surface area (Å²) >= 11 is 7.72. The van der Waals surface area contributed by atoms with Crippen LogP contribution < -0.4 is 0 Å². The van der Waals surface area contributed by atoms with Gasteiger partial charge in [-0.1, -0.05) is 29.8 Å². The Bertz CT molecular complexity index is 951. The molecule has 0 amide bonds. The van der Waals surface area contributed by atoms with E-state index in [1.807, 2.05) is 41.1 Å². The topological polar surface area (TPSA) is 44.1 Å². The number of carbonyl (C=O) groups excluding carboxylic acids is 1. The summed E-state index contributed by atoms with van der Waals surface area (Å²) < 4.78 is 7.02. The lowest BCUT2D eigenvalue weighted by Crippen LogP contribution is -2.08. The lowest BCUT2D eigenvalue weighted by molar-refractivity contribution is 0.0518. The molecule has 6 heteroatoms. The second-order valence-electron chi connectivity index (χ2n) is 5.57. The number of benzene rings is 2. The number of thioether (sulfide) groups is 1. The van der Waals surface area contributed by atoms with Crippen molar-refractivity contribution in [2.75, 3.05) is 6.61 Å². The summed E-state index contributed by atoms with van der Waals surface area (Å²) in [5.74, 6) is 0.306. The van der Waals surface area contributed by atoms with Crippen molar-refractivity contribution in [2.45, 2.75) is 17.6 Å². The minimum Gasteiger partial charge on any atom is -0.461 e. The van der Waals surface area contributed by atoms with Crippen LogP contribution in [0.25, 0.3) is 16.9 Å². The minimum atomic E-state index is -0.383. The molecule has 1 aliphatic rings. The van der Waals surface area contributed by atoms with E-state index >= 15 is 0 Å². The van der Waals surface area contributed by atoms with Crippen LogP contribution in [0.3, 0.4) is 0 Å². The van der Waals surface area contributed by atoms with Gasteiger partial charge in [0.2, 0.25) is 0 Å². The Hall–Kier alpha value is -2.24. The number of carbonyl (C=O) groups is 1. The van der Waals surface area contributed by atoms with Gasteiger partial charge in [0, 0.05) is 26.8 Å². The van der Waals surface area contributed by atoms with Crippen LogP contribution in [-0.2, 0) is 10.5 Å². The number of nitrogens with zero attached hydrogens (tertiary/aromatic N) is 2. The first-order chi connectivity index (χ1) is 12.2. The monoisotopic (exact) mass is 370 g/mol. The van der Waals surface area contributed by atoms with Gasteiger partial charge in [-0.25, -0.2) is 9.48 Å². The Morgan fingerprint density at radius 3 is 2.76 bits per heavy atom. The van der Waals surface area contributed by atoms with Crippen LogP contribution in [0.2, 0.25) is 5.02 Å². The van der Waals surface area contributed by atoms with E-state index in [0.29, 0.717) is 23.1 Å². The molecule has 4 rings (SSSR count). The Morgan fingerprint density at radius 1 is 1.24 bits per heavy atom. The zero-order valence-electron chi connectivity index (χ0n) is 13.5. The van der Waals surface area contributed by atoms with E-state index in [4.69, 9.17) is 16.3 Å². The van der Waals surface area contributed by atoms with Gasteiger partial charge in [0.25, 0.3) is 0 Å². The number of aromatic nitrogens is 2. The Kier molecular flexibility index (Phi) is 4.27. The fourth-order valence-corrected chi connectivity index (χ4v) is 4.13. The lowest BCUT2D eigenvalue weighted by Gasteiger charge is -2.18. The highest BCUT2D eigenvalue weighted by Gasteiger charge is 2.29. The molecular weight excluding hydrogens is 356 g/mol. The summed E-state index contributed by atoms with van der Waals surface area (Å²) in [6.07, 6.45) is 0. The minimum absolute atomic E-state index is 0.325. The molecular formula is C19H15ClN2O2S. The molecule has 0 radical (unpaired) electrons. The number of rotatable bonds is 3. The van der Waals surface area contributed by atoms with Gasteiger partial charge in [0.15, 0.2) is 5.69 Å². The number of esters is 1. The van der Waals surface area contributed by atoms with E-state index in [0.717, 1.165) is 22.5 Å². The van der Waals surface area contributed by atoms with Gasteiger partial charge in [-0.05, 0) is 37.3 Å². The zero-order chi connectivity index (χ0) is 17.4. The van der Waals surface area contributed by atoms with Gasteiger partial charge in [-0.15, -0.1) is 11.8 Å². The van der Waals surface area contributed by atoms with Crippen LogP contribution in [0.4, 0.5) is 0 Å². The molecule has 0 saturated carbocycles. The first-order valence-corrected chi connectivity index (χ1v) is 9.32. The summed E-state index contributed by atoms with van der Waals surface area (Å²) in [4.78, 5) is 13.6. The van der Waals surface area contributed by atoms with Crippen molar-refractivity contribution in [3.05, 3.63) is 64.8 Å². The van der Waals surface area contributed by atoms with Gasteiger partial charge in [-0.3, -0.25) is 0 Å². The SMILES string of the molecule is CCOC(=O)c1nn(-c2ccc(Cl)cc2)c2c1CSc1ccccc1-2. The van der Waals surface area contributed by atoms with Gasteiger partial charge < -0.3 is 4.74 Å². The van der Waals surface area contributed by atoms with Crippen molar-refractivity contribution in [3.8, 4) is 16.9 Å². The molecule has 0 unspecified atom stereocenters.